The number of thiocarbonyl (C=S) groups is 1. The Labute approximate surface area is 125 Å². The number of hydrogen-bond acceptors (Lipinski definition) is 2. The minimum atomic E-state index is 0. The molecule has 0 saturated heterocycles. The Kier molecular flexibility index (Phi) is 17.8. The quantitative estimate of drug-likeness (QED) is 0.584. The van der Waals surface area contributed by atoms with Crippen molar-refractivity contribution in [3.63, 3.8) is 0 Å². The summed E-state index contributed by atoms with van der Waals surface area (Å²) in [4.78, 5) is 0. The van der Waals surface area contributed by atoms with E-state index >= 15 is 0 Å². The summed E-state index contributed by atoms with van der Waals surface area (Å²) in [5.41, 5.74) is 0. The second-order valence-corrected chi connectivity index (χ2v) is 4.54. The zero-order valence-corrected chi connectivity index (χ0v) is 13.4. The molecule has 0 aromatic heterocycles. The van der Waals surface area contributed by atoms with E-state index in [1.165, 1.54) is 25.7 Å². The summed E-state index contributed by atoms with van der Waals surface area (Å²) in [6.07, 6.45) is 4.97. The van der Waals surface area contributed by atoms with E-state index in [1.807, 2.05) is 0 Å². The third-order valence-electron chi connectivity index (χ3n) is 1.53. The SMILES string of the molecule is CCCCNC(=S)SCCCC.[Nd]. The molecule has 0 aliphatic carbocycles. The molecule has 4 heteroatoms. The van der Waals surface area contributed by atoms with Gasteiger partial charge < -0.3 is 5.32 Å². The predicted octanol–water partition coefficient (Wildman–Crippen LogP) is 3.19. The van der Waals surface area contributed by atoms with Gasteiger partial charge in [-0.3, -0.25) is 0 Å². The van der Waals surface area contributed by atoms with Crippen molar-refractivity contribution in [1.29, 1.82) is 0 Å². The molecule has 0 spiro atoms. The second-order valence-electron chi connectivity index (χ2n) is 2.77. The standard InChI is InChI=1S/C9H19NS2.Nd/c1-3-5-7-10-9(11)12-8-6-4-2;/h3-8H2,1-2H3,(H,10,11);. The van der Waals surface area contributed by atoms with Crippen molar-refractivity contribution in [2.45, 2.75) is 39.5 Å². The second kappa shape index (κ2) is 13.6. The third kappa shape index (κ3) is 13.6. The molecular formula is C9H19NNdS2. The summed E-state index contributed by atoms with van der Waals surface area (Å²) < 4.78 is 0.969. The molecule has 13 heavy (non-hydrogen) atoms. The zero-order chi connectivity index (χ0) is 9.23. The Morgan fingerprint density at radius 1 is 1.23 bits per heavy atom. The fourth-order valence-corrected chi connectivity index (χ4v) is 1.90. The third-order valence-corrected chi connectivity index (χ3v) is 2.93. The first-order chi connectivity index (χ1) is 5.81. The van der Waals surface area contributed by atoms with E-state index in [9.17, 15) is 0 Å². The largest absolute Gasteiger partial charge is 0.371 e. The molecule has 0 aromatic carbocycles. The maximum absolute atomic E-state index is 5.13. The van der Waals surface area contributed by atoms with Gasteiger partial charge in [-0.25, -0.2) is 0 Å². The van der Waals surface area contributed by atoms with Gasteiger partial charge in [-0.15, -0.1) is 0 Å². The molecular weight excluding hydrogens is 330 g/mol. The minimum absolute atomic E-state index is 0. The van der Waals surface area contributed by atoms with Crippen molar-refractivity contribution < 1.29 is 40.8 Å². The van der Waals surface area contributed by atoms with E-state index in [1.54, 1.807) is 11.8 Å². The molecule has 0 atom stereocenters. The van der Waals surface area contributed by atoms with Crippen molar-refractivity contribution in [1.82, 2.24) is 5.32 Å². The minimum Gasteiger partial charge on any atom is -0.371 e. The molecule has 0 saturated carbocycles. The van der Waals surface area contributed by atoms with Crippen LogP contribution in [0.3, 0.4) is 0 Å². The van der Waals surface area contributed by atoms with Gasteiger partial charge in [0.15, 0.2) is 0 Å². The Bertz CT molecular complexity index is 108. The molecule has 0 fully saturated rings. The number of hydrogen-bond donors (Lipinski definition) is 1. The predicted molar refractivity (Wildman–Crippen MR) is 62.9 cm³/mol. The van der Waals surface area contributed by atoms with Gasteiger partial charge in [0.25, 0.3) is 0 Å². The van der Waals surface area contributed by atoms with Crippen molar-refractivity contribution in [2.24, 2.45) is 0 Å². The molecule has 0 unspecified atom stereocenters. The molecule has 0 aromatic rings. The van der Waals surface area contributed by atoms with Gasteiger partial charge in [0.05, 0.1) is 0 Å². The zero-order valence-electron chi connectivity index (χ0n) is 8.56. The van der Waals surface area contributed by atoms with Gasteiger partial charge in [0.2, 0.25) is 0 Å². The van der Waals surface area contributed by atoms with Crippen molar-refractivity contribution in [3.05, 3.63) is 0 Å². The maximum atomic E-state index is 5.13. The van der Waals surface area contributed by atoms with Crippen LogP contribution in [0.5, 0.6) is 0 Å². The Hall–Kier alpha value is 1.59. The molecule has 1 N–H and O–H groups in total. The van der Waals surface area contributed by atoms with Crippen LogP contribution in [0.2, 0.25) is 0 Å². The monoisotopic (exact) mass is 347 g/mol. The van der Waals surface area contributed by atoms with Crippen LogP contribution in [0.15, 0.2) is 0 Å². The van der Waals surface area contributed by atoms with Crippen LogP contribution in [-0.4, -0.2) is 16.6 Å². The van der Waals surface area contributed by atoms with Gasteiger partial charge in [-0.2, -0.15) is 0 Å². The Morgan fingerprint density at radius 3 is 2.38 bits per heavy atom. The van der Waals surface area contributed by atoms with Crippen LogP contribution in [0.1, 0.15) is 39.5 Å². The first kappa shape index (κ1) is 17.0. The average molecular weight is 350 g/mol. The molecule has 0 bridgehead atoms. The van der Waals surface area contributed by atoms with Crippen LogP contribution in [-0.2, 0) is 0 Å². The van der Waals surface area contributed by atoms with Gasteiger partial charge in [0.1, 0.15) is 4.32 Å². The molecule has 0 heterocycles. The molecule has 0 rings (SSSR count). The van der Waals surface area contributed by atoms with Gasteiger partial charge in [0, 0.05) is 53.1 Å². The molecule has 0 amide bonds. The normalized spacial score (nSPS) is 9.08. The fourth-order valence-electron chi connectivity index (χ4n) is 0.727. The number of thioether (sulfide) groups is 1. The summed E-state index contributed by atoms with van der Waals surface area (Å²) in [6.45, 7) is 5.43. The van der Waals surface area contributed by atoms with Gasteiger partial charge >= 0.3 is 0 Å². The first-order valence-electron chi connectivity index (χ1n) is 4.71. The van der Waals surface area contributed by atoms with Crippen molar-refractivity contribution in [2.75, 3.05) is 12.3 Å². The molecule has 0 aliphatic heterocycles. The number of nitrogens with one attached hydrogen (secondary N) is 1. The topological polar surface area (TPSA) is 12.0 Å². The van der Waals surface area contributed by atoms with Crippen LogP contribution >= 0.6 is 24.0 Å². The van der Waals surface area contributed by atoms with Gasteiger partial charge in [-0.05, 0) is 12.8 Å². The van der Waals surface area contributed by atoms with Crippen LogP contribution < -0.4 is 5.32 Å². The smallest absolute Gasteiger partial charge is 0.133 e. The Morgan fingerprint density at radius 2 is 1.85 bits per heavy atom. The van der Waals surface area contributed by atoms with E-state index in [0.29, 0.717) is 0 Å². The van der Waals surface area contributed by atoms with Crippen molar-refractivity contribution >= 4 is 28.3 Å². The fraction of sp³-hybridized carbons (Fsp3) is 0.889. The summed E-state index contributed by atoms with van der Waals surface area (Å²) in [6, 6.07) is 0. The summed E-state index contributed by atoms with van der Waals surface area (Å²) in [5, 5.41) is 3.24. The molecule has 76 valence electrons. The first-order valence-corrected chi connectivity index (χ1v) is 6.11. The van der Waals surface area contributed by atoms with E-state index < -0.39 is 0 Å². The molecule has 0 radical (unpaired) electrons. The van der Waals surface area contributed by atoms with Crippen molar-refractivity contribution in [3.8, 4) is 0 Å². The van der Waals surface area contributed by atoms with E-state index in [-0.39, 0.29) is 40.8 Å². The number of unbranched alkanes of at least 4 members (excludes halogenated alkanes) is 2. The maximum Gasteiger partial charge on any atom is 0.133 e. The van der Waals surface area contributed by atoms with Crippen LogP contribution in [0, 0.1) is 40.8 Å². The van der Waals surface area contributed by atoms with E-state index in [4.69, 9.17) is 12.2 Å². The van der Waals surface area contributed by atoms with Gasteiger partial charge in [-0.1, -0.05) is 50.7 Å². The summed E-state index contributed by atoms with van der Waals surface area (Å²) in [5.74, 6) is 1.16. The van der Waals surface area contributed by atoms with E-state index in [0.717, 1.165) is 16.6 Å². The number of rotatable bonds is 6. The van der Waals surface area contributed by atoms with E-state index in [2.05, 4.69) is 19.2 Å². The molecule has 1 nitrogen and oxygen atoms in total. The Balaban J connectivity index is 0. The summed E-state index contributed by atoms with van der Waals surface area (Å²) in [7, 11) is 0. The summed E-state index contributed by atoms with van der Waals surface area (Å²) >= 11 is 6.90. The van der Waals surface area contributed by atoms with Crippen LogP contribution in [0.25, 0.3) is 0 Å². The average Bonchev–Trinajstić information content (AvgIpc) is 2.06. The molecule has 0 aliphatic rings. The van der Waals surface area contributed by atoms with Crippen LogP contribution in [0.4, 0.5) is 0 Å².